The van der Waals surface area contributed by atoms with Crippen molar-refractivity contribution in [2.75, 3.05) is 19.0 Å². The summed E-state index contributed by atoms with van der Waals surface area (Å²) in [6, 6.07) is 0. The molecule has 4 nitrogen and oxygen atoms in total. The van der Waals surface area contributed by atoms with Crippen molar-refractivity contribution in [2.45, 2.75) is 19.3 Å². The van der Waals surface area contributed by atoms with E-state index >= 15 is 0 Å². The van der Waals surface area contributed by atoms with E-state index in [2.05, 4.69) is 20.7 Å². The topological polar surface area (TPSA) is 52.6 Å². The van der Waals surface area contributed by atoms with Gasteiger partial charge in [-0.25, -0.2) is 0 Å². The molecular formula is C8H13BrO4. The number of hydrogen-bond donors (Lipinski definition) is 0. The van der Waals surface area contributed by atoms with Gasteiger partial charge in [-0.15, -0.1) is 0 Å². The third-order valence-electron chi connectivity index (χ3n) is 1.38. The number of carbonyl (C=O) groups excluding carboxylic acids is 2. The molecule has 0 heterocycles. The van der Waals surface area contributed by atoms with Crippen LogP contribution in [0.25, 0.3) is 0 Å². The van der Waals surface area contributed by atoms with Crippen molar-refractivity contribution in [3.63, 3.8) is 0 Å². The Balaban J connectivity index is 3.17. The molecule has 0 saturated heterocycles. The minimum absolute atomic E-state index is 0.212. The van der Waals surface area contributed by atoms with Crippen molar-refractivity contribution in [3.05, 3.63) is 0 Å². The number of rotatable bonds is 6. The van der Waals surface area contributed by atoms with Crippen molar-refractivity contribution < 1.29 is 19.1 Å². The van der Waals surface area contributed by atoms with Gasteiger partial charge in [-0.3, -0.25) is 9.59 Å². The number of esters is 2. The summed E-state index contributed by atoms with van der Waals surface area (Å²) in [5, 5.41) is 0.212. The zero-order valence-electron chi connectivity index (χ0n) is 7.55. The van der Waals surface area contributed by atoms with Gasteiger partial charge in [0.1, 0.15) is 5.33 Å². The first kappa shape index (κ1) is 12.4. The fraction of sp³-hybridized carbons (Fsp3) is 0.750. The molecule has 0 aromatic carbocycles. The van der Waals surface area contributed by atoms with Crippen LogP contribution in [0.2, 0.25) is 0 Å². The van der Waals surface area contributed by atoms with Crippen LogP contribution in [-0.2, 0) is 19.1 Å². The standard InChI is InChI=1S/C8H13BrO4/c1-12-7(10)4-2-3-5-13-8(11)6-9/h2-6H2,1H3. The van der Waals surface area contributed by atoms with Crippen molar-refractivity contribution in [3.8, 4) is 0 Å². The zero-order chi connectivity index (χ0) is 10.1. The Labute approximate surface area is 85.7 Å². The molecule has 0 radical (unpaired) electrons. The number of unbranched alkanes of at least 4 members (excludes halogenated alkanes) is 1. The average molecular weight is 253 g/mol. The Morgan fingerprint density at radius 2 is 1.92 bits per heavy atom. The predicted octanol–water partition coefficient (Wildman–Crippen LogP) is 1.27. The summed E-state index contributed by atoms with van der Waals surface area (Å²) in [5.41, 5.74) is 0. The van der Waals surface area contributed by atoms with Crippen LogP contribution < -0.4 is 0 Å². The maximum absolute atomic E-state index is 10.6. The summed E-state index contributed by atoms with van der Waals surface area (Å²) in [4.78, 5) is 21.2. The van der Waals surface area contributed by atoms with Crippen LogP contribution in [0.15, 0.2) is 0 Å². The van der Waals surface area contributed by atoms with E-state index in [0.29, 0.717) is 25.9 Å². The number of halogens is 1. The highest BCUT2D eigenvalue weighted by molar-refractivity contribution is 9.09. The predicted molar refractivity (Wildman–Crippen MR) is 50.6 cm³/mol. The largest absolute Gasteiger partial charge is 0.469 e. The molecule has 0 spiro atoms. The quantitative estimate of drug-likeness (QED) is 0.406. The van der Waals surface area contributed by atoms with E-state index in [9.17, 15) is 9.59 Å². The monoisotopic (exact) mass is 252 g/mol. The van der Waals surface area contributed by atoms with Crippen molar-refractivity contribution >= 4 is 27.9 Å². The molecule has 0 aliphatic heterocycles. The van der Waals surface area contributed by atoms with Gasteiger partial charge < -0.3 is 9.47 Å². The lowest BCUT2D eigenvalue weighted by atomic mass is 10.2. The first-order valence-electron chi connectivity index (χ1n) is 3.99. The second-order valence-corrected chi connectivity index (χ2v) is 2.95. The Kier molecular flexibility index (Phi) is 7.68. The lowest BCUT2D eigenvalue weighted by Gasteiger charge is -2.01. The smallest absolute Gasteiger partial charge is 0.316 e. The Morgan fingerprint density at radius 3 is 2.46 bits per heavy atom. The summed E-state index contributed by atoms with van der Waals surface area (Å²) in [6.07, 6.45) is 1.75. The van der Waals surface area contributed by atoms with Gasteiger partial charge in [-0.1, -0.05) is 15.9 Å². The molecular weight excluding hydrogens is 240 g/mol. The van der Waals surface area contributed by atoms with Crippen LogP contribution >= 0.6 is 15.9 Å². The molecule has 0 unspecified atom stereocenters. The lowest BCUT2D eigenvalue weighted by molar-refractivity contribution is -0.141. The number of hydrogen-bond acceptors (Lipinski definition) is 4. The maximum Gasteiger partial charge on any atom is 0.316 e. The van der Waals surface area contributed by atoms with E-state index in [0.717, 1.165) is 0 Å². The molecule has 0 atom stereocenters. The maximum atomic E-state index is 10.6. The van der Waals surface area contributed by atoms with Crippen molar-refractivity contribution in [2.24, 2.45) is 0 Å². The molecule has 0 amide bonds. The van der Waals surface area contributed by atoms with Gasteiger partial charge in [0.05, 0.1) is 13.7 Å². The summed E-state index contributed by atoms with van der Waals surface area (Å²) in [5.74, 6) is -0.509. The fourth-order valence-electron chi connectivity index (χ4n) is 0.698. The van der Waals surface area contributed by atoms with Gasteiger partial charge in [-0.2, -0.15) is 0 Å². The lowest BCUT2D eigenvalue weighted by Crippen LogP contribution is -2.07. The van der Waals surface area contributed by atoms with Crippen LogP contribution in [0.5, 0.6) is 0 Å². The summed E-state index contributed by atoms with van der Waals surface area (Å²) in [6.45, 7) is 0.363. The summed E-state index contributed by atoms with van der Waals surface area (Å²) < 4.78 is 9.21. The highest BCUT2D eigenvalue weighted by Gasteiger charge is 2.01. The summed E-state index contributed by atoms with van der Waals surface area (Å²) in [7, 11) is 1.35. The van der Waals surface area contributed by atoms with Crippen LogP contribution in [0.1, 0.15) is 19.3 Å². The second-order valence-electron chi connectivity index (χ2n) is 2.39. The van der Waals surface area contributed by atoms with Crippen molar-refractivity contribution in [1.82, 2.24) is 0 Å². The molecule has 0 aliphatic rings. The average Bonchev–Trinajstić information content (AvgIpc) is 2.16. The second kappa shape index (κ2) is 8.04. The molecule has 5 heteroatoms. The summed E-state index contributed by atoms with van der Waals surface area (Å²) >= 11 is 2.97. The molecule has 13 heavy (non-hydrogen) atoms. The van der Waals surface area contributed by atoms with Gasteiger partial charge >= 0.3 is 11.9 Å². The number of carbonyl (C=O) groups is 2. The molecule has 0 rings (SSSR count). The van der Waals surface area contributed by atoms with E-state index < -0.39 is 0 Å². The number of alkyl halides is 1. The minimum Gasteiger partial charge on any atom is -0.469 e. The SMILES string of the molecule is COC(=O)CCCCOC(=O)CBr. The zero-order valence-corrected chi connectivity index (χ0v) is 9.13. The van der Waals surface area contributed by atoms with E-state index in [1.807, 2.05) is 0 Å². The fourth-order valence-corrected chi connectivity index (χ4v) is 0.860. The molecule has 0 aliphatic carbocycles. The molecule has 0 aromatic heterocycles. The molecule has 0 aromatic rings. The third kappa shape index (κ3) is 7.77. The highest BCUT2D eigenvalue weighted by atomic mass is 79.9. The van der Waals surface area contributed by atoms with Gasteiger partial charge in [-0.05, 0) is 12.8 Å². The van der Waals surface area contributed by atoms with Gasteiger partial charge in [0, 0.05) is 6.42 Å². The van der Waals surface area contributed by atoms with Crippen molar-refractivity contribution in [1.29, 1.82) is 0 Å². The van der Waals surface area contributed by atoms with E-state index in [4.69, 9.17) is 4.74 Å². The first-order valence-corrected chi connectivity index (χ1v) is 5.11. The molecule has 0 fully saturated rings. The molecule has 0 saturated carbocycles. The van der Waals surface area contributed by atoms with E-state index in [-0.39, 0.29) is 17.3 Å². The Morgan fingerprint density at radius 1 is 1.23 bits per heavy atom. The highest BCUT2D eigenvalue weighted by Crippen LogP contribution is 1.98. The van der Waals surface area contributed by atoms with E-state index in [1.165, 1.54) is 7.11 Å². The molecule has 76 valence electrons. The van der Waals surface area contributed by atoms with Crippen LogP contribution in [0.3, 0.4) is 0 Å². The van der Waals surface area contributed by atoms with Gasteiger partial charge in [0.15, 0.2) is 0 Å². The molecule has 0 bridgehead atoms. The van der Waals surface area contributed by atoms with Crippen LogP contribution in [0.4, 0.5) is 0 Å². The number of methoxy groups -OCH3 is 1. The molecule has 0 N–H and O–H groups in total. The van der Waals surface area contributed by atoms with Crippen LogP contribution in [0, 0.1) is 0 Å². The van der Waals surface area contributed by atoms with Gasteiger partial charge in [0.25, 0.3) is 0 Å². The minimum atomic E-state index is -0.280. The Hall–Kier alpha value is -0.580. The number of ether oxygens (including phenoxy) is 2. The third-order valence-corrected chi connectivity index (χ3v) is 1.83. The van der Waals surface area contributed by atoms with Gasteiger partial charge in [0.2, 0.25) is 0 Å². The normalized spacial score (nSPS) is 9.38. The first-order chi connectivity index (χ1) is 6.20. The van der Waals surface area contributed by atoms with E-state index in [1.54, 1.807) is 0 Å². The Bertz CT molecular complexity index is 152. The van der Waals surface area contributed by atoms with Crippen LogP contribution in [-0.4, -0.2) is 31.0 Å².